The summed E-state index contributed by atoms with van der Waals surface area (Å²) in [5.41, 5.74) is 0.530. The fourth-order valence-corrected chi connectivity index (χ4v) is 1.81. The predicted octanol–water partition coefficient (Wildman–Crippen LogP) is 1.95. The van der Waals surface area contributed by atoms with Crippen molar-refractivity contribution in [1.29, 1.82) is 0 Å². The molecule has 2 N–H and O–H groups in total. The van der Waals surface area contributed by atoms with E-state index < -0.39 is 16.9 Å². The molecular weight excluding hydrogens is 264 g/mol. The Hall–Kier alpha value is -2.15. The predicted molar refractivity (Wildman–Crippen MR) is 72.8 cm³/mol. The molecule has 1 atom stereocenters. The van der Waals surface area contributed by atoms with Crippen LogP contribution >= 0.6 is 0 Å². The Kier molecular flexibility index (Phi) is 5.92. The first-order chi connectivity index (χ1) is 9.47. The van der Waals surface area contributed by atoms with Crippen LogP contribution in [-0.4, -0.2) is 29.2 Å². The number of hydrogen-bond donors (Lipinski definition) is 2. The fourth-order valence-electron chi connectivity index (χ4n) is 1.81. The summed E-state index contributed by atoms with van der Waals surface area (Å²) >= 11 is 0. The zero-order chi connectivity index (χ0) is 15.1. The SMILES string of the molecule is CCCC(NCc1cc(OC)cc([N+](=O)[O-])c1)C(=O)O. The molecule has 0 aliphatic heterocycles. The third-order valence-corrected chi connectivity index (χ3v) is 2.83. The van der Waals surface area contributed by atoms with Gasteiger partial charge in [-0.1, -0.05) is 13.3 Å². The molecule has 0 saturated heterocycles. The summed E-state index contributed by atoms with van der Waals surface area (Å²) in [5, 5.41) is 22.7. The molecule has 110 valence electrons. The summed E-state index contributed by atoms with van der Waals surface area (Å²) in [6.45, 7) is 2.13. The van der Waals surface area contributed by atoms with E-state index in [1.54, 1.807) is 6.07 Å². The number of carboxylic acid groups (broad SMARTS) is 1. The van der Waals surface area contributed by atoms with E-state index in [0.29, 0.717) is 17.7 Å². The number of hydrogen-bond acceptors (Lipinski definition) is 5. The molecule has 0 fully saturated rings. The quantitative estimate of drug-likeness (QED) is 0.558. The van der Waals surface area contributed by atoms with Crippen molar-refractivity contribution in [3.63, 3.8) is 0 Å². The molecule has 0 aliphatic rings. The van der Waals surface area contributed by atoms with Crippen molar-refractivity contribution in [3.05, 3.63) is 33.9 Å². The monoisotopic (exact) mass is 282 g/mol. The van der Waals surface area contributed by atoms with Gasteiger partial charge in [0.1, 0.15) is 11.8 Å². The lowest BCUT2D eigenvalue weighted by Crippen LogP contribution is -2.36. The largest absolute Gasteiger partial charge is 0.496 e. The van der Waals surface area contributed by atoms with Gasteiger partial charge in [-0.25, -0.2) is 0 Å². The second-order valence-corrected chi connectivity index (χ2v) is 4.36. The van der Waals surface area contributed by atoms with E-state index >= 15 is 0 Å². The zero-order valence-electron chi connectivity index (χ0n) is 11.5. The lowest BCUT2D eigenvalue weighted by atomic mass is 10.1. The van der Waals surface area contributed by atoms with Gasteiger partial charge < -0.3 is 15.2 Å². The highest BCUT2D eigenvalue weighted by Gasteiger charge is 2.16. The van der Waals surface area contributed by atoms with Gasteiger partial charge in [0.15, 0.2) is 0 Å². The van der Waals surface area contributed by atoms with Crippen molar-refractivity contribution >= 4 is 11.7 Å². The van der Waals surface area contributed by atoms with Crippen LogP contribution in [0.25, 0.3) is 0 Å². The van der Waals surface area contributed by atoms with Gasteiger partial charge in [0, 0.05) is 12.6 Å². The first-order valence-electron chi connectivity index (χ1n) is 6.26. The van der Waals surface area contributed by atoms with Gasteiger partial charge in [0.25, 0.3) is 5.69 Å². The van der Waals surface area contributed by atoms with Crippen molar-refractivity contribution < 1.29 is 19.6 Å². The Labute approximate surface area is 116 Å². The average Bonchev–Trinajstić information content (AvgIpc) is 2.42. The van der Waals surface area contributed by atoms with E-state index in [4.69, 9.17) is 9.84 Å². The third kappa shape index (κ3) is 4.51. The standard InChI is InChI=1S/C13H18N2O5/c1-3-4-12(13(16)17)14-8-9-5-10(15(18)19)7-11(6-9)20-2/h5-7,12,14H,3-4,8H2,1-2H3,(H,16,17). The molecule has 1 unspecified atom stereocenters. The highest BCUT2D eigenvalue weighted by molar-refractivity contribution is 5.73. The van der Waals surface area contributed by atoms with Gasteiger partial charge in [-0.3, -0.25) is 14.9 Å². The first-order valence-corrected chi connectivity index (χ1v) is 6.26. The van der Waals surface area contributed by atoms with Crippen LogP contribution in [0.5, 0.6) is 5.75 Å². The molecular formula is C13H18N2O5. The normalized spacial score (nSPS) is 11.9. The summed E-state index contributed by atoms with van der Waals surface area (Å²) in [5.74, 6) is -0.553. The molecule has 1 aromatic rings. The van der Waals surface area contributed by atoms with Gasteiger partial charge >= 0.3 is 5.97 Å². The van der Waals surface area contributed by atoms with E-state index in [1.807, 2.05) is 6.92 Å². The molecule has 0 amide bonds. The number of nitrogens with one attached hydrogen (secondary N) is 1. The van der Waals surface area contributed by atoms with Gasteiger partial charge in [0.05, 0.1) is 18.1 Å². The molecule has 7 nitrogen and oxygen atoms in total. The highest BCUT2D eigenvalue weighted by atomic mass is 16.6. The van der Waals surface area contributed by atoms with Crippen LogP contribution < -0.4 is 10.1 Å². The topological polar surface area (TPSA) is 102 Å². The molecule has 0 spiro atoms. The molecule has 1 aromatic carbocycles. The molecule has 0 heterocycles. The Bertz CT molecular complexity index is 490. The van der Waals surface area contributed by atoms with Crippen molar-refractivity contribution in [2.24, 2.45) is 0 Å². The summed E-state index contributed by atoms with van der Waals surface area (Å²) in [6.07, 6.45) is 1.24. The Balaban J connectivity index is 2.83. The number of nitro benzene ring substituents is 1. The van der Waals surface area contributed by atoms with Gasteiger partial charge in [-0.2, -0.15) is 0 Å². The number of methoxy groups -OCH3 is 1. The number of non-ortho nitro benzene ring substituents is 1. The van der Waals surface area contributed by atoms with Crippen molar-refractivity contribution in [3.8, 4) is 5.75 Å². The molecule has 0 radical (unpaired) electrons. The van der Waals surface area contributed by atoms with E-state index in [-0.39, 0.29) is 12.2 Å². The van der Waals surface area contributed by atoms with Crippen molar-refractivity contribution in [2.75, 3.05) is 7.11 Å². The molecule has 20 heavy (non-hydrogen) atoms. The van der Waals surface area contributed by atoms with Gasteiger partial charge in [-0.15, -0.1) is 0 Å². The van der Waals surface area contributed by atoms with Crippen molar-refractivity contribution in [1.82, 2.24) is 5.32 Å². The first kappa shape index (κ1) is 15.9. The number of nitrogens with zero attached hydrogens (tertiary/aromatic N) is 1. The number of nitro groups is 1. The fraction of sp³-hybridized carbons (Fsp3) is 0.462. The van der Waals surface area contributed by atoms with Crippen molar-refractivity contribution in [2.45, 2.75) is 32.4 Å². The second kappa shape index (κ2) is 7.44. The summed E-state index contributed by atoms with van der Waals surface area (Å²) in [7, 11) is 1.42. The lowest BCUT2D eigenvalue weighted by molar-refractivity contribution is -0.385. The Morgan fingerprint density at radius 3 is 2.70 bits per heavy atom. The van der Waals surface area contributed by atoms with Crippen LogP contribution in [0.3, 0.4) is 0 Å². The summed E-state index contributed by atoms with van der Waals surface area (Å²) in [6, 6.07) is 3.71. The molecule has 0 aromatic heterocycles. The Morgan fingerprint density at radius 2 is 2.20 bits per heavy atom. The van der Waals surface area contributed by atoms with Gasteiger partial charge in [0.2, 0.25) is 0 Å². The number of rotatable bonds is 8. The zero-order valence-corrected chi connectivity index (χ0v) is 11.5. The van der Waals surface area contributed by atoms with Crippen LogP contribution in [0.4, 0.5) is 5.69 Å². The van der Waals surface area contributed by atoms with Crippen LogP contribution in [0, 0.1) is 10.1 Å². The van der Waals surface area contributed by atoms with E-state index in [1.165, 1.54) is 19.2 Å². The van der Waals surface area contributed by atoms with Crippen LogP contribution in [0.1, 0.15) is 25.3 Å². The molecule has 0 bridgehead atoms. The maximum Gasteiger partial charge on any atom is 0.320 e. The maximum absolute atomic E-state index is 11.0. The number of carboxylic acids is 1. The van der Waals surface area contributed by atoms with E-state index in [2.05, 4.69) is 5.32 Å². The number of aliphatic carboxylic acids is 1. The van der Waals surface area contributed by atoms with E-state index in [0.717, 1.165) is 6.42 Å². The van der Waals surface area contributed by atoms with Crippen LogP contribution in [0.15, 0.2) is 18.2 Å². The molecule has 0 aliphatic carbocycles. The smallest absolute Gasteiger partial charge is 0.320 e. The maximum atomic E-state index is 11.0. The second-order valence-electron chi connectivity index (χ2n) is 4.36. The minimum atomic E-state index is -0.927. The third-order valence-electron chi connectivity index (χ3n) is 2.83. The molecule has 0 saturated carbocycles. The lowest BCUT2D eigenvalue weighted by Gasteiger charge is -2.13. The number of ether oxygens (including phenoxy) is 1. The minimum Gasteiger partial charge on any atom is -0.496 e. The highest BCUT2D eigenvalue weighted by Crippen LogP contribution is 2.22. The summed E-state index contributed by atoms with van der Waals surface area (Å²) < 4.78 is 5.00. The number of carbonyl (C=O) groups is 1. The minimum absolute atomic E-state index is 0.0801. The average molecular weight is 282 g/mol. The van der Waals surface area contributed by atoms with Gasteiger partial charge in [-0.05, 0) is 18.1 Å². The molecule has 7 heteroatoms. The number of benzene rings is 1. The molecule has 1 rings (SSSR count). The van der Waals surface area contributed by atoms with Crippen LogP contribution in [0.2, 0.25) is 0 Å². The summed E-state index contributed by atoms with van der Waals surface area (Å²) in [4.78, 5) is 21.3. The van der Waals surface area contributed by atoms with Crippen LogP contribution in [-0.2, 0) is 11.3 Å². The van der Waals surface area contributed by atoms with E-state index in [9.17, 15) is 14.9 Å². The Morgan fingerprint density at radius 1 is 1.50 bits per heavy atom.